The molecule has 1 heterocycles. The van der Waals surface area contributed by atoms with Crippen LogP contribution >= 0.6 is 15.9 Å². The number of anilines is 1. The lowest BCUT2D eigenvalue weighted by Crippen LogP contribution is -2.41. The van der Waals surface area contributed by atoms with Crippen molar-refractivity contribution in [2.75, 3.05) is 25.0 Å². The molecule has 142 valence electrons. The van der Waals surface area contributed by atoms with Gasteiger partial charge < -0.3 is 15.3 Å². The number of amides is 2. The normalized spacial score (nSPS) is 16.9. The Bertz CT molecular complexity index is 859. The van der Waals surface area contributed by atoms with E-state index in [1.807, 2.05) is 0 Å². The molecule has 27 heavy (non-hydrogen) atoms. The summed E-state index contributed by atoms with van der Waals surface area (Å²) < 4.78 is 14.5. The van der Waals surface area contributed by atoms with Crippen LogP contribution in [0.5, 0.6) is 0 Å². The minimum atomic E-state index is -0.539. The highest BCUT2D eigenvalue weighted by molar-refractivity contribution is 9.10. The van der Waals surface area contributed by atoms with Gasteiger partial charge in [-0.3, -0.25) is 9.59 Å². The number of carbonyl (C=O) groups excluding carboxylic acids is 2. The zero-order valence-corrected chi connectivity index (χ0v) is 16.2. The first-order valence-corrected chi connectivity index (χ1v) is 9.54. The molecule has 0 spiro atoms. The number of likely N-dealkylation sites (tertiary alicyclic amines) is 1. The third-order valence-corrected chi connectivity index (χ3v) is 5.10. The van der Waals surface area contributed by atoms with Crippen molar-refractivity contribution in [2.45, 2.75) is 12.8 Å². The van der Waals surface area contributed by atoms with Crippen molar-refractivity contribution in [3.63, 3.8) is 0 Å². The van der Waals surface area contributed by atoms with Gasteiger partial charge in [0, 0.05) is 29.7 Å². The Morgan fingerprint density at radius 3 is 2.81 bits per heavy atom. The molecule has 0 aliphatic carbocycles. The maximum Gasteiger partial charge on any atom is 0.255 e. The number of aliphatic hydroxyl groups is 1. The Morgan fingerprint density at radius 2 is 2.07 bits per heavy atom. The molecule has 2 amide bonds. The molecule has 0 radical (unpaired) electrons. The highest BCUT2D eigenvalue weighted by atomic mass is 79.9. The molecule has 0 bridgehead atoms. The summed E-state index contributed by atoms with van der Waals surface area (Å²) in [6, 6.07) is 10.5. The summed E-state index contributed by atoms with van der Waals surface area (Å²) in [5.74, 6) is -1.20. The van der Waals surface area contributed by atoms with E-state index in [1.54, 1.807) is 29.2 Å². The smallest absolute Gasteiger partial charge is 0.255 e. The van der Waals surface area contributed by atoms with Gasteiger partial charge in [-0.1, -0.05) is 22.0 Å². The summed E-state index contributed by atoms with van der Waals surface area (Å²) >= 11 is 3.31. The van der Waals surface area contributed by atoms with Gasteiger partial charge in [0.25, 0.3) is 11.8 Å². The number of benzene rings is 2. The quantitative estimate of drug-likeness (QED) is 0.770. The van der Waals surface area contributed by atoms with Crippen LogP contribution in [-0.4, -0.2) is 41.5 Å². The predicted octanol–water partition coefficient (Wildman–Crippen LogP) is 3.69. The van der Waals surface area contributed by atoms with Crippen molar-refractivity contribution in [2.24, 2.45) is 5.92 Å². The average Bonchev–Trinajstić information content (AvgIpc) is 2.67. The van der Waals surface area contributed by atoms with E-state index in [0.717, 1.165) is 23.4 Å². The number of rotatable bonds is 4. The summed E-state index contributed by atoms with van der Waals surface area (Å²) in [7, 11) is 0. The van der Waals surface area contributed by atoms with Gasteiger partial charge >= 0.3 is 0 Å². The Labute approximate surface area is 165 Å². The van der Waals surface area contributed by atoms with E-state index in [2.05, 4.69) is 21.2 Å². The molecule has 2 aromatic rings. The van der Waals surface area contributed by atoms with E-state index in [9.17, 15) is 19.1 Å². The molecule has 1 saturated heterocycles. The van der Waals surface area contributed by atoms with Crippen LogP contribution in [-0.2, 0) is 0 Å². The van der Waals surface area contributed by atoms with Crippen molar-refractivity contribution in [3.8, 4) is 0 Å². The van der Waals surface area contributed by atoms with Crippen LogP contribution in [0.3, 0.4) is 0 Å². The molecule has 2 aromatic carbocycles. The van der Waals surface area contributed by atoms with Crippen LogP contribution in [0, 0.1) is 11.7 Å². The van der Waals surface area contributed by atoms with Crippen LogP contribution < -0.4 is 5.32 Å². The highest BCUT2D eigenvalue weighted by Crippen LogP contribution is 2.24. The lowest BCUT2D eigenvalue weighted by atomic mass is 9.98. The molecule has 7 heteroatoms. The molecular weight excluding hydrogens is 415 g/mol. The van der Waals surface area contributed by atoms with Crippen LogP contribution in [0.25, 0.3) is 0 Å². The second-order valence-electron chi connectivity index (χ2n) is 6.60. The summed E-state index contributed by atoms with van der Waals surface area (Å²) in [6.07, 6.45) is 1.67. The lowest BCUT2D eigenvalue weighted by molar-refractivity contribution is 0.0621. The van der Waals surface area contributed by atoms with Crippen LogP contribution in [0.15, 0.2) is 46.9 Å². The Hall–Kier alpha value is -2.25. The van der Waals surface area contributed by atoms with E-state index in [4.69, 9.17) is 0 Å². The SMILES string of the molecule is O=C(Nc1cc(F)ccc1C(=O)N1CCCC(CO)C1)c1cccc(Br)c1. The van der Waals surface area contributed by atoms with E-state index in [1.165, 1.54) is 12.1 Å². The minimum Gasteiger partial charge on any atom is -0.396 e. The molecule has 3 rings (SSSR count). The number of carbonyl (C=O) groups is 2. The number of nitrogens with zero attached hydrogens (tertiary/aromatic N) is 1. The van der Waals surface area contributed by atoms with Gasteiger partial charge in [-0.25, -0.2) is 4.39 Å². The van der Waals surface area contributed by atoms with Crippen LogP contribution in [0.1, 0.15) is 33.6 Å². The fraction of sp³-hybridized carbons (Fsp3) is 0.300. The van der Waals surface area contributed by atoms with E-state index in [-0.39, 0.29) is 29.7 Å². The average molecular weight is 435 g/mol. The van der Waals surface area contributed by atoms with Gasteiger partial charge in [-0.2, -0.15) is 0 Å². The second kappa shape index (κ2) is 8.63. The third kappa shape index (κ3) is 4.73. The minimum absolute atomic E-state index is 0.0275. The molecular formula is C20H20BrFN2O3. The molecule has 1 unspecified atom stereocenters. The number of piperidine rings is 1. The van der Waals surface area contributed by atoms with Gasteiger partial charge in [0.05, 0.1) is 11.3 Å². The molecule has 2 N–H and O–H groups in total. The molecule has 1 aliphatic rings. The highest BCUT2D eigenvalue weighted by Gasteiger charge is 2.26. The van der Waals surface area contributed by atoms with E-state index >= 15 is 0 Å². The summed E-state index contributed by atoms with van der Waals surface area (Å²) in [5, 5.41) is 12.0. The standard InChI is InChI=1S/C20H20BrFN2O3/c21-15-5-1-4-14(9-15)19(26)23-18-10-16(22)6-7-17(18)20(27)24-8-2-3-13(11-24)12-25/h1,4-7,9-10,13,25H,2-3,8,11-12H2,(H,23,26). The van der Waals surface area contributed by atoms with Gasteiger partial charge in [-0.05, 0) is 55.2 Å². The third-order valence-electron chi connectivity index (χ3n) is 4.61. The number of hydrogen-bond acceptors (Lipinski definition) is 3. The van der Waals surface area contributed by atoms with Crippen LogP contribution in [0.4, 0.5) is 10.1 Å². The monoisotopic (exact) mass is 434 g/mol. The van der Waals surface area contributed by atoms with E-state index in [0.29, 0.717) is 18.7 Å². The van der Waals surface area contributed by atoms with Gasteiger partial charge in [0.1, 0.15) is 5.82 Å². The van der Waals surface area contributed by atoms with Crippen molar-refractivity contribution >= 4 is 33.4 Å². The van der Waals surface area contributed by atoms with Gasteiger partial charge in [-0.15, -0.1) is 0 Å². The molecule has 0 saturated carbocycles. The number of aliphatic hydroxyl groups excluding tert-OH is 1. The van der Waals surface area contributed by atoms with Crippen LogP contribution in [0.2, 0.25) is 0 Å². The maximum atomic E-state index is 13.8. The molecule has 5 nitrogen and oxygen atoms in total. The van der Waals surface area contributed by atoms with Crippen molar-refractivity contribution < 1.29 is 19.1 Å². The number of hydrogen-bond donors (Lipinski definition) is 2. The predicted molar refractivity (Wildman–Crippen MR) is 104 cm³/mol. The largest absolute Gasteiger partial charge is 0.396 e. The van der Waals surface area contributed by atoms with Gasteiger partial charge in [0.15, 0.2) is 0 Å². The zero-order valence-electron chi connectivity index (χ0n) is 14.6. The topological polar surface area (TPSA) is 69.6 Å². The Morgan fingerprint density at radius 1 is 1.26 bits per heavy atom. The summed E-state index contributed by atoms with van der Waals surface area (Å²) in [6.45, 7) is 1.05. The molecule has 1 aliphatic heterocycles. The fourth-order valence-corrected chi connectivity index (χ4v) is 3.60. The number of nitrogens with one attached hydrogen (secondary N) is 1. The van der Waals surface area contributed by atoms with Crippen molar-refractivity contribution in [3.05, 3.63) is 63.9 Å². The first-order valence-electron chi connectivity index (χ1n) is 8.74. The van der Waals surface area contributed by atoms with Crippen molar-refractivity contribution in [1.82, 2.24) is 4.90 Å². The Kier molecular flexibility index (Phi) is 6.23. The second-order valence-corrected chi connectivity index (χ2v) is 7.51. The van der Waals surface area contributed by atoms with E-state index < -0.39 is 11.7 Å². The molecule has 1 fully saturated rings. The van der Waals surface area contributed by atoms with Crippen molar-refractivity contribution in [1.29, 1.82) is 0 Å². The Balaban J connectivity index is 1.84. The molecule has 0 aromatic heterocycles. The maximum absolute atomic E-state index is 13.8. The van der Waals surface area contributed by atoms with Gasteiger partial charge in [0.2, 0.25) is 0 Å². The summed E-state index contributed by atoms with van der Waals surface area (Å²) in [5.41, 5.74) is 0.764. The first kappa shape index (κ1) is 19.5. The number of halogens is 2. The first-order chi connectivity index (χ1) is 13.0. The fourth-order valence-electron chi connectivity index (χ4n) is 3.20. The summed E-state index contributed by atoms with van der Waals surface area (Å²) in [4.78, 5) is 27.1. The molecule has 1 atom stereocenters. The lowest BCUT2D eigenvalue weighted by Gasteiger charge is -2.32. The zero-order chi connectivity index (χ0) is 19.4.